The van der Waals surface area contributed by atoms with E-state index in [1.54, 1.807) is 0 Å². The quantitative estimate of drug-likeness (QED) is 0.822. The van der Waals surface area contributed by atoms with E-state index in [-0.39, 0.29) is 11.3 Å². The average molecular weight is 351 g/mol. The summed E-state index contributed by atoms with van der Waals surface area (Å²) >= 11 is 0. The summed E-state index contributed by atoms with van der Waals surface area (Å²) in [5, 5.41) is -0.170. The van der Waals surface area contributed by atoms with Crippen LogP contribution in [-0.2, 0) is 16.4 Å². The minimum Gasteiger partial charge on any atom is -0.299 e. The molecule has 3 rings (SSSR count). The molecule has 0 amide bonds. The van der Waals surface area contributed by atoms with Gasteiger partial charge in [-0.3, -0.25) is 4.90 Å². The molecular weight excluding hydrogens is 320 g/mol. The second-order valence-corrected chi connectivity index (χ2v) is 9.29. The van der Waals surface area contributed by atoms with Crippen molar-refractivity contribution >= 4 is 10.0 Å². The van der Waals surface area contributed by atoms with Crippen LogP contribution in [-0.4, -0.2) is 44.2 Å². The van der Waals surface area contributed by atoms with Gasteiger partial charge in [-0.25, -0.2) is 13.1 Å². The standard InChI is InChI=1S/C19H30N2O2S/c22-24(23,19-11-5-6-12-19)20-16-18(21-13-7-2-8-14-21)15-17-9-3-1-4-10-17/h1,3-4,9-10,18-20H,2,5-8,11-16H2. The zero-order chi connectivity index (χ0) is 16.8. The van der Waals surface area contributed by atoms with Gasteiger partial charge in [-0.2, -0.15) is 0 Å². The summed E-state index contributed by atoms with van der Waals surface area (Å²) in [7, 11) is -3.16. The molecule has 1 atom stereocenters. The summed E-state index contributed by atoms with van der Waals surface area (Å²) in [5.41, 5.74) is 1.29. The van der Waals surface area contributed by atoms with Crippen molar-refractivity contribution in [2.24, 2.45) is 0 Å². The molecule has 4 nitrogen and oxygen atoms in total. The van der Waals surface area contributed by atoms with Gasteiger partial charge < -0.3 is 0 Å². The number of nitrogens with one attached hydrogen (secondary N) is 1. The number of sulfonamides is 1. The maximum absolute atomic E-state index is 12.5. The third-order valence-corrected chi connectivity index (χ3v) is 7.40. The van der Waals surface area contributed by atoms with Crippen molar-refractivity contribution in [2.45, 2.75) is 62.7 Å². The molecule has 1 saturated carbocycles. The maximum atomic E-state index is 12.5. The van der Waals surface area contributed by atoms with E-state index in [2.05, 4.69) is 33.9 Å². The van der Waals surface area contributed by atoms with Crippen LogP contribution >= 0.6 is 0 Å². The predicted molar refractivity (Wildman–Crippen MR) is 98.5 cm³/mol. The Morgan fingerprint density at radius 3 is 2.33 bits per heavy atom. The summed E-state index contributed by atoms with van der Waals surface area (Å²) in [5.74, 6) is 0. The molecule has 1 unspecified atom stereocenters. The fourth-order valence-corrected chi connectivity index (χ4v) is 5.64. The molecule has 1 aromatic rings. The van der Waals surface area contributed by atoms with Crippen molar-refractivity contribution in [2.75, 3.05) is 19.6 Å². The van der Waals surface area contributed by atoms with Crippen LogP contribution in [0.5, 0.6) is 0 Å². The molecule has 0 bridgehead atoms. The molecule has 1 heterocycles. The van der Waals surface area contributed by atoms with Crippen LogP contribution in [0, 0.1) is 0 Å². The predicted octanol–water partition coefficient (Wildman–Crippen LogP) is 2.95. The van der Waals surface area contributed by atoms with Gasteiger partial charge in [-0.05, 0) is 50.8 Å². The molecule has 2 fully saturated rings. The normalized spacial score (nSPS) is 21.8. The van der Waals surface area contributed by atoms with Crippen LogP contribution in [0.15, 0.2) is 30.3 Å². The molecule has 1 aliphatic heterocycles. The van der Waals surface area contributed by atoms with Gasteiger partial charge in [0.25, 0.3) is 0 Å². The Labute approximate surface area is 146 Å². The molecule has 1 aliphatic carbocycles. The molecule has 24 heavy (non-hydrogen) atoms. The minimum absolute atomic E-state index is 0.170. The van der Waals surface area contributed by atoms with E-state index in [0.717, 1.165) is 45.2 Å². The van der Waals surface area contributed by atoms with Crippen LogP contribution in [0.3, 0.4) is 0 Å². The van der Waals surface area contributed by atoms with E-state index < -0.39 is 10.0 Å². The minimum atomic E-state index is -3.16. The molecule has 1 aromatic carbocycles. The first kappa shape index (κ1) is 17.9. The van der Waals surface area contributed by atoms with Gasteiger partial charge in [0.2, 0.25) is 10.0 Å². The molecule has 2 aliphatic rings. The molecule has 0 radical (unpaired) electrons. The molecule has 5 heteroatoms. The van der Waals surface area contributed by atoms with Gasteiger partial charge in [0.1, 0.15) is 0 Å². The van der Waals surface area contributed by atoms with E-state index in [0.29, 0.717) is 6.54 Å². The number of benzene rings is 1. The van der Waals surface area contributed by atoms with Gasteiger partial charge in [-0.1, -0.05) is 49.6 Å². The molecule has 1 saturated heterocycles. The first-order valence-electron chi connectivity index (χ1n) is 9.41. The number of hydrogen-bond donors (Lipinski definition) is 1. The summed E-state index contributed by atoms with van der Waals surface area (Å²) in [6.45, 7) is 2.71. The molecular formula is C19H30N2O2S. The summed E-state index contributed by atoms with van der Waals surface area (Å²) in [6.07, 6.45) is 8.39. The molecule has 0 aromatic heterocycles. The van der Waals surface area contributed by atoms with E-state index >= 15 is 0 Å². The van der Waals surface area contributed by atoms with E-state index in [1.165, 1.54) is 24.8 Å². The molecule has 0 spiro atoms. The molecule has 134 valence electrons. The lowest BCUT2D eigenvalue weighted by molar-refractivity contribution is 0.163. The SMILES string of the molecule is O=S(=O)(NCC(Cc1ccccc1)N1CCCCC1)C1CCCC1. The van der Waals surface area contributed by atoms with Crippen LogP contribution < -0.4 is 4.72 Å². The van der Waals surface area contributed by atoms with Crippen LogP contribution in [0.1, 0.15) is 50.5 Å². The Morgan fingerprint density at radius 2 is 1.67 bits per heavy atom. The van der Waals surface area contributed by atoms with Gasteiger partial charge >= 0.3 is 0 Å². The molecule has 1 N–H and O–H groups in total. The lowest BCUT2D eigenvalue weighted by Crippen LogP contribution is -2.48. The lowest BCUT2D eigenvalue weighted by atomic mass is 10.0. The number of likely N-dealkylation sites (tertiary alicyclic amines) is 1. The van der Waals surface area contributed by atoms with Crippen molar-refractivity contribution < 1.29 is 8.42 Å². The third-order valence-electron chi connectivity index (χ3n) is 5.48. The Bertz CT molecular complexity index is 591. The van der Waals surface area contributed by atoms with Crippen molar-refractivity contribution in [3.05, 3.63) is 35.9 Å². The van der Waals surface area contributed by atoms with Crippen LogP contribution in [0.25, 0.3) is 0 Å². The summed E-state index contributed by atoms with van der Waals surface area (Å²) in [6, 6.07) is 10.7. The Morgan fingerprint density at radius 1 is 1.00 bits per heavy atom. The monoisotopic (exact) mass is 350 g/mol. The number of nitrogens with zero attached hydrogens (tertiary/aromatic N) is 1. The van der Waals surface area contributed by atoms with E-state index in [9.17, 15) is 8.42 Å². The highest BCUT2D eigenvalue weighted by Gasteiger charge is 2.30. The second kappa shape index (κ2) is 8.45. The smallest absolute Gasteiger partial charge is 0.214 e. The summed E-state index contributed by atoms with van der Waals surface area (Å²) < 4.78 is 28.0. The highest BCUT2D eigenvalue weighted by Crippen LogP contribution is 2.24. The number of hydrogen-bond acceptors (Lipinski definition) is 3. The topological polar surface area (TPSA) is 49.4 Å². The van der Waals surface area contributed by atoms with Crippen molar-refractivity contribution in [3.8, 4) is 0 Å². The van der Waals surface area contributed by atoms with E-state index in [4.69, 9.17) is 0 Å². The zero-order valence-corrected chi connectivity index (χ0v) is 15.3. The van der Waals surface area contributed by atoms with Crippen LogP contribution in [0.2, 0.25) is 0 Å². The Kier molecular flexibility index (Phi) is 6.31. The highest BCUT2D eigenvalue weighted by molar-refractivity contribution is 7.90. The Hall–Kier alpha value is -0.910. The maximum Gasteiger partial charge on any atom is 0.214 e. The lowest BCUT2D eigenvalue weighted by Gasteiger charge is -2.35. The largest absolute Gasteiger partial charge is 0.299 e. The Balaban J connectivity index is 1.64. The number of piperidine rings is 1. The van der Waals surface area contributed by atoms with Gasteiger partial charge in [0, 0.05) is 12.6 Å². The number of rotatable bonds is 7. The fraction of sp³-hybridized carbons (Fsp3) is 0.684. The van der Waals surface area contributed by atoms with Crippen molar-refractivity contribution in [3.63, 3.8) is 0 Å². The first-order chi connectivity index (χ1) is 11.6. The van der Waals surface area contributed by atoms with Gasteiger partial charge in [0.05, 0.1) is 5.25 Å². The van der Waals surface area contributed by atoms with E-state index in [1.807, 2.05) is 6.07 Å². The zero-order valence-electron chi connectivity index (χ0n) is 14.5. The highest BCUT2D eigenvalue weighted by atomic mass is 32.2. The van der Waals surface area contributed by atoms with Gasteiger partial charge in [-0.15, -0.1) is 0 Å². The second-order valence-electron chi connectivity index (χ2n) is 7.24. The van der Waals surface area contributed by atoms with Crippen molar-refractivity contribution in [1.82, 2.24) is 9.62 Å². The summed E-state index contributed by atoms with van der Waals surface area (Å²) in [4.78, 5) is 2.48. The van der Waals surface area contributed by atoms with Crippen molar-refractivity contribution in [1.29, 1.82) is 0 Å². The van der Waals surface area contributed by atoms with Gasteiger partial charge in [0.15, 0.2) is 0 Å². The fourth-order valence-electron chi connectivity index (χ4n) is 4.03. The first-order valence-corrected chi connectivity index (χ1v) is 11.0. The average Bonchev–Trinajstić information content (AvgIpc) is 3.16. The van der Waals surface area contributed by atoms with Crippen LogP contribution in [0.4, 0.5) is 0 Å². The third kappa shape index (κ3) is 4.80.